The Morgan fingerprint density at radius 2 is 2.00 bits per heavy atom. The van der Waals surface area contributed by atoms with Crippen LogP contribution in [0.2, 0.25) is 0 Å². The van der Waals surface area contributed by atoms with Crippen molar-refractivity contribution in [3.63, 3.8) is 0 Å². The molecule has 1 amide bonds. The maximum Gasteiger partial charge on any atom is 0.248 e. The molecule has 2 rings (SSSR count). The van der Waals surface area contributed by atoms with Gasteiger partial charge >= 0.3 is 0 Å². The van der Waals surface area contributed by atoms with Gasteiger partial charge in [0.1, 0.15) is 0 Å². The number of aliphatic hydroxyl groups excluding tert-OH is 2. The van der Waals surface area contributed by atoms with E-state index in [-0.39, 0.29) is 0 Å². The molecule has 4 N–H and O–H groups in total. The highest BCUT2D eigenvalue weighted by Crippen LogP contribution is 2.14. The van der Waals surface area contributed by atoms with E-state index in [1.54, 1.807) is 18.2 Å². The summed E-state index contributed by atoms with van der Waals surface area (Å²) in [5, 5.41) is 18.8. The molecule has 1 aliphatic heterocycles. The molecule has 17 heavy (non-hydrogen) atoms. The van der Waals surface area contributed by atoms with E-state index in [0.717, 1.165) is 5.56 Å². The van der Waals surface area contributed by atoms with Gasteiger partial charge in [-0.3, -0.25) is 9.69 Å². The number of carbonyl (C=O) groups is 1. The fourth-order valence-corrected chi connectivity index (χ4v) is 2.06. The standard InChI is InChI=1S/C12H16N2O3/c13-12(17)9-3-1-2-8(4-9)5-14-6-10(15)11(16)7-14/h1-4,10-11,15-16H,5-7H2,(H2,13,17). The van der Waals surface area contributed by atoms with Crippen molar-refractivity contribution in [2.45, 2.75) is 18.8 Å². The van der Waals surface area contributed by atoms with Crippen molar-refractivity contribution >= 4 is 5.91 Å². The molecule has 1 aromatic rings. The number of nitrogens with zero attached hydrogens (tertiary/aromatic N) is 1. The number of hydrogen-bond acceptors (Lipinski definition) is 4. The van der Waals surface area contributed by atoms with E-state index >= 15 is 0 Å². The lowest BCUT2D eigenvalue weighted by atomic mass is 10.1. The zero-order chi connectivity index (χ0) is 12.4. The van der Waals surface area contributed by atoms with Crippen molar-refractivity contribution in [2.75, 3.05) is 13.1 Å². The molecule has 1 aliphatic rings. The van der Waals surface area contributed by atoms with E-state index < -0.39 is 18.1 Å². The van der Waals surface area contributed by atoms with Gasteiger partial charge in [0, 0.05) is 25.2 Å². The number of carbonyl (C=O) groups excluding carboxylic acids is 1. The van der Waals surface area contributed by atoms with Crippen LogP contribution >= 0.6 is 0 Å². The first-order chi connectivity index (χ1) is 8.06. The Morgan fingerprint density at radius 1 is 1.35 bits per heavy atom. The molecule has 1 fully saturated rings. The molecule has 0 aliphatic carbocycles. The molecule has 2 atom stereocenters. The third-order valence-electron chi connectivity index (χ3n) is 2.95. The predicted octanol–water partition coefficient (Wildman–Crippen LogP) is -0.677. The molecule has 0 saturated carbocycles. The summed E-state index contributed by atoms with van der Waals surface area (Å²) >= 11 is 0. The number of likely N-dealkylation sites (tertiary alicyclic amines) is 1. The quantitative estimate of drug-likeness (QED) is 0.649. The highest BCUT2D eigenvalue weighted by atomic mass is 16.3. The van der Waals surface area contributed by atoms with Crippen LogP contribution in [0.25, 0.3) is 0 Å². The lowest BCUT2D eigenvalue weighted by molar-refractivity contribution is 0.0572. The van der Waals surface area contributed by atoms with Crippen LogP contribution < -0.4 is 5.73 Å². The maximum absolute atomic E-state index is 11.0. The highest BCUT2D eigenvalue weighted by molar-refractivity contribution is 5.92. The Balaban J connectivity index is 2.04. The lowest BCUT2D eigenvalue weighted by Crippen LogP contribution is -2.22. The van der Waals surface area contributed by atoms with Crippen LogP contribution in [0.3, 0.4) is 0 Å². The fourth-order valence-electron chi connectivity index (χ4n) is 2.06. The van der Waals surface area contributed by atoms with Crippen LogP contribution in [0, 0.1) is 0 Å². The van der Waals surface area contributed by atoms with Crippen molar-refractivity contribution in [1.82, 2.24) is 4.90 Å². The summed E-state index contributed by atoms with van der Waals surface area (Å²) in [4.78, 5) is 13.0. The number of nitrogens with two attached hydrogens (primary N) is 1. The van der Waals surface area contributed by atoms with E-state index in [1.807, 2.05) is 11.0 Å². The Morgan fingerprint density at radius 3 is 2.59 bits per heavy atom. The predicted molar refractivity (Wildman–Crippen MR) is 62.3 cm³/mol. The second-order valence-electron chi connectivity index (χ2n) is 4.39. The summed E-state index contributed by atoms with van der Waals surface area (Å²) in [6, 6.07) is 7.07. The molecule has 0 aromatic heterocycles. The van der Waals surface area contributed by atoms with E-state index in [4.69, 9.17) is 5.73 Å². The van der Waals surface area contributed by atoms with E-state index in [1.165, 1.54) is 0 Å². The largest absolute Gasteiger partial charge is 0.389 e. The SMILES string of the molecule is NC(=O)c1cccc(CN2CC(O)C(O)C2)c1. The Bertz CT molecular complexity index is 412. The first-order valence-electron chi connectivity index (χ1n) is 5.53. The normalized spacial score (nSPS) is 25.1. The van der Waals surface area contributed by atoms with Crippen molar-refractivity contribution in [3.05, 3.63) is 35.4 Å². The van der Waals surface area contributed by atoms with E-state index in [2.05, 4.69) is 0 Å². The number of primary amides is 1. The van der Waals surface area contributed by atoms with Crippen molar-refractivity contribution in [2.24, 2.45) is 5.73 Å². The summed E-state index contributed by atoms with van der Waals surface area (Å²) in [6.45, 7) is 1.49. The topological polar surface area (TPSA) is 86.8 Å². The third kappa shape index (κ3) is 2.82. The summed E-state index contributed by atoms with van der Waals surface area (Å²) in [6.07, 6.45) is -1.37. The average Bonchev–Trinajstić information content (AvgIpc) is 2.58. The number of benzene rings is 1. The molecular formula is C12H16N2O3. The van der Waals surface area contributed by atoms with Gasteiger partial charge in [0.25, 0.3) is 0 Å². The third-order valence-corrected chi connectivity index (χ3v) is 2.95. The number of hydrogen-bond donors (Lipinski definition) is 3. The molecule has 2 unspecified atom stereocenters. The Kier molecular flexibility index (Phi) is 3.42. The smallest absolute Gasteiger partial charge is 0.248 e. The molecular weight excluding hydrogens is 220 g/mol. The van der Waals surface area contributed by atoms with E-state index in [0.29, 0.717) is 25.2 Å². The van der Waals surface area contributed by atoms with Crippen molar-refractivity contribution in [1.29, 1.82) is 0 Å². The zero-order valence-corrected chi connectivity index (χ0v) is 9.41. The Hall–Kier alpha value is -1.43. The first-order valence-corrected chi connectivity index (χ1v) is 5.53. The maximum atomic E-state index is 11.0. The second kappa shape index (κ2) is 4.83. The molecule has 1 saturated heterocycles. The fraction of sp³-hybridized carbons (Fsp3) is 0.417. The number of rotatable bonds is 3. The van der Waals surface area contributed by atoms with Crippen LogP contribution in [-0.4, -0.2) is 46.3 Å². The molecule has 1 heterocycles. The molecule has 1 aromatic carbocycles. The van der Waals surface area contributed by atoms with E-state index in [9.17, 15) is 15.0 Å². The number of amides is 1. The van der Waals surface area contributed by atoms with Crippen LogP contribution in [0.4, 0.5) is 0 Å². The zero-order valence-electron chi connectivity index (χ0n) is 9.41. The highest BCUT2D eigenvalue weighted by Gasteiger charge is 2.29. The average molecular weight is 236 g/mol. The molecule has 0 spiro atoms. The minimum Gasteiger partial charge on any atom is -0.389 e. The van der Waals surface area contributed by atoms with Crippen LogP contribution in [0.15, 0.2) is 24.3 Å². The van der Waals surface area contributed by atoms with Crippen LogP contribution in [-0.2, 0) is 6.54 Å². The molecule has 0 bridgehead atoms. The molecule has 92 valence electrons. The van der Waals surface area contributed by atoms with Gasteiger partial charge in [0.05, 0.1) is 12.2 Å². The Labute approximate surface area is 99.5 Å². The van der Waals surface area contributed by atoms with Crippen LogP contribution in [0.5, 0.6) is 0 Å². The van der Waals surface area contributed by atoms with Gasteiger partial charge < -0.3 is 15.9 Å². The molecule has 5 nitrogen and oxygen atoms in total. The minimum absolute atomic E-state index is 0.446. The second-order valence-corrected chi connectivity index (χ2v) is 4.39. The monoisotopic (exact) mass is 236 g/mol. The van der Waals surface area contributed by atoms with Crippen LogP contribution in [0.1, 0.15) is 15.9 Å². The van der Waals surface area contributed by atoms with Crippen molar-refractivity contribution in [3.8, 4) is 0 Å². The van der Waals surface area contributed by atoms with Gasteiger partial charge in [0.15, 0.2) is 0 Å². The number of β-amino-alcohol motifs (C(OH)–C–C–N with tert-alkyl or cyclic N) is 2. The van der Waals surface area contributed by atoms with Gasteiger partial charge in [-0.25, -0.2) is 0 Å². The first kappa shape index (κ1) is 12.0. The summed E-state index contributed by atoms with van der Waals surface area (Å²) in [7, 11) is 0. The van der Waals surface area contributed by atoms with Gasteiger partial charge in [-0.15, -0.1) is 0 Å². The lowest BCUT2D eigenvalue weighted by Gasteiger charge is -2.14. The molecule has 0 radical (unpaired) electrons. The van der Waals surface area contributed by atoms with Gasteiger partial charge in [-0.1, -0.05) is 12.1 Å². The van der Waals surface area contributed by atoms with Gasteiger partial charge in [0.2, 0.25) is 5.91 Å². The summed E-state index contributed by atoms with van der Waals surface area (Å²) in [5.41, 5.74) is 6.62. The van der Waals surface area contributed by atoms with Gasteiger partial charge in [-0.05, 0) is 17.7 Å². The summed E-state index contributed by atoms with van der Waals surface area (Å²) in [5.74, 6) is -0.451. The number of aliphatic hydroxyl groups is 2. The summed E-state index contributed by atoms with van der Waals surface area (Å²) < 4.78 is 0. The minimum atomic E-state index is -0.686. The molecule has 5 heteroatoms. The van der Waals surface area contributed by atoms with Crippen molar-refractivity contribution < 1.29 is 15.0 Å². The van der Waals surface area contributed by atoms with Gasteiger partial charge in [-0.2, -0.15) is 0 Å².